The molecule has 0 saturated heterocycles. The highest BCUT2D eigenvalue weighted by molar-refractivity contribution is 5.85. The molecule has 2 heterocycles. The van der Waals surface area contributed by atoms with E-state index < -0.39 is 0 Å². The minimum atomic E-state index is 0. The minimum Gasteiger partial charge on any atom is -0.324 e. The van der Waals surface area contributed by atoms with Crippen LogP contribution in [0.4, 0.5) is 0 Å². The third-order valence-electron chi connectivity index (χ3n) is 2.63. The average molecular weight is 262 g/mol. The van der Waals surface area contributed by atoms with Crippen molar-refractivity contribution in [1.82, 2.24) is 19.7 Å². The second kappa shape index (κ2) is 5.12. The summed E-state index contributed by atoms with van der Waals surface area (Å²) in [6.07, 6.45) is 3.31. The molecule has 6 heteroatoms. The fourth-order valence-electron chi connectivity index (χ4n) is 1.78. The van der Waals surface area contributed by atoms with Gasteiger partial charge in [0.1, 0.15) is 12.2 Å². The van der Waals surface area contributed by atoms with Gasteiger partial charge in [-0.15, -0.1) is 12.4 Å². The van der Waals surface area contributed by atoms with E-state index in [1.54, 1.807) is 4.68 Å². The van der Waals surface area contributed by atoms with Crippen LogP contribution in [0.3, 0.4) is 0 Å². The van der Waals surface area contributed by atoms with Gasteiger partial charge in [0, 0.05) is 11.6 Å². The van der Waals surface area contributed by atoms with Crippen molar-refractivity contribution in [3.8, 4) is 5.82 Å². The zero-order valence-electron chi connectivity index (χ0n) is 9.52. The molecule has 2 aromatic heterocycles. The van der Waals surface area contributed by atoms with E-state index in [0.29, 0.717) is 12.4 Å². The van der Waals surface area contributed by atoms with Crippen LogP contribution in [0.25, 0.3) is 16.6 Å². The second-order valence-electron chi connectivity index (χ2n) is 3.68. The maximum absolute atomic E-state index is 5.59. The number of aromatic nitrogens is 4. The summed E-state index contributed by atoms with van der Waals surface area (Å²) in [5.74, 6) is 1.44. The highest BCUT2D eigenvalue weighted by Gasteiger charge is 2.06. The lowest BCUT2D eigenvalue weighted by Gasteiger charge is -2.04. The Bertz CT molecular complexity index is 664. The number of rotatable bonds is 2. The maximum atomic E-state index is 5.59. The Kier molecular flexibility index (Phi) is 3.55. The zero-order valence-corrected chi connectivity index (χ0v) is 10.3. The highest BCUT2D eigenvalue weighted by atomic mass is 35.5. The molecule has 2 N–H and O–H groups in total. The molecule has 0 aliphatic rings. The molecule has 18 heavy (non-hydrogen) atoms. The summed E-state index contributed by atoms with van der Waals surface area (Å²) in [7, 11) is 0. The van der Waals surface area contributed by atoms with Gasteiger partial charge < -0.3 is 5.73 Å². The van der Waals surface area contributed by atoms with Crippen LogP contribution in [0.2, 0.25) is 0 Å². The molecule has 0 spiro atoms. The molecule has 3 aromatic rings. The summed E-state index contributed by atoms with van der Waals surface area (Å²) >= 11 is 0. The van der Waals surface area contributed by atoms with Gasteiger partial charge in [0.2, 0.25) is 0 Å². The lowest BCUT2D eigenvalue weighted by Crippen LogP contribution is -2.09. The van der Waals surface area contributed by atoms with Crippen LogP contribution >= 0.6 is 12.4 Å². The highest BCUT2D eigenvalue weighted by Crippen LogP contribution is 2.15. The molecule has 0 fully saturated rings. The number of hydrogen-bond acceptors (Lipinski definition) is 4. The van der Waals surface area contributed by atoms with Gasteiger partial charge in [-0.3, -0.25) is 0 Å². The molecular formula is C12H12ClN5. The summed E-state index contributed by atoms with van der Waals surface area (Å²) < 4.78 is 1.66. The predicted octanol–water partition coefficient (Wildman–Crippen LogP) is 1.70. The standard InChI is InChI=1S/C12H11N5.ClH/c13-6-12-15-8-16-17(12)11-5-9-3-1-2-4-10(9)7-14-11;/h1-5,7-8H,6,13H2;1H. The first-order chi connectivity index (χ1) is 8.38. The number of hydrogen-bond donors (Lipinski definition) is 1. The van der Waals surface area contributed by atoms with Crippen molar-refractivity contribution in [2.75, 3.05) is 0 Å². The van der Waals surface area contributed by atoms with Gasteiger partial charge >= 0.3 is 0 Å². The molecule has 92 valence electrons. The summed E-state index contributed by atoms with van der Waals surface area (Å²) in [5, 5.41) is 6.35. The predicted molar refractivity (Wildman–Crippen MR) is 71.8 cm³/mol. The van der Waals surface area contributed by atoms with Crippen LogP contribution in [-0.4, -0.2) is 19.7 Å². The van der Waals surface area contributed by atoms with Gasteiger partial charge in [-0.2, -0.15) is 9.78 Å². The number of nitrogens with two attached hydrogens (primary N) is 1. The summed E-state index contributed by atoms with van der Waals surface area (Å²) in [4.78, 5) is 8.44. The van der Waals surface area contributed by atoms with E-state index in [1.807, 2.05) is 36.5 Å². The molecule has 0 aliphatic carbocycles. The van der Waals surface area contributed by atoms with Crippen molar-refractivity contribution in [2.45, 2.75) is 6.54 Å². The SMILES string of the molecule is Cl.NCc1ncnn1-c1cc2ccccc2cn1. The first-order valence-corrected chi connectivity index (χ1v) is 5.32. The molecule has 0 unspecified atom stereocenters. The topological polar surface area (TPSA) is 69.6 Å². The van der Waals surface area contributed by atoms with Gasteiger partial charge in [0.05, 0.1) is 6.54 Å². The van der Waals surface area contributed by atoms with Crippen LogP contribution in [0, 0.1) is 0 Å². The van der Waals surface area contributed by atoms with Crippen LogP contribution in [0.15, 0.2) is 42.9 Å². The summed E-state index contributed by atoms with van der Waals surface area (Å²) in [6, 6.07) is 10.0. The Morgan fingerprint density at radius 2 is 1.89 bits per heavy atom. The molecule has 3 rings (SSSR count). The quantitative estimate of drug-likeness (QED) is 0.762. The van der Waals surface area contributed by atoms with Gasteiger partial charge in [-0.25, -0.2) is 9.97 Å². The summed E-state index contributed by atoms with van der Waals surface area (Å²) in [5.41, 5.74) is 5.59. The smallest absolute Gasteiger partial charge is 0.156 e. The van der Waals surface area contributed by atoms with Gasteiger partial charge in [-0.05, 0) is 11.5 Å². The van der Waals surface area contributed by atoms with E-state index in [1.165, 1.54) is 6.33 Å². The Balaban J connectivity index is 0.00000120. The molecule has 0 aliphatic heterocycles. The molecule has 0 atom stereocenters. The van der Waals surface area contributed by atoms with Gasteiger partial charge in [0.15, 0.2) is 5.82 Å². The first kappa shape index (κ1) is 12.5. The average Bonchev–Trinajstić information content (AvgIpc) is 2.86. The second-order valence-corrected chi connectivity index (χ2v) is 3.68. The first-order valence-electron chi connectivity index (χ1n) is 5.32. The number of benzene rings is 1. The van der Waals surface area contributed by atoms with Crippen LogP contribution in [-0.2, 0) is 6.54 Å². The minimum absolute atomic E-state index is 0. The normalized spacial score (nSPS) is 10.3. The molecule has 0 saturated carbocycles. The fraction of sp³-hybridized carbons (Fsp3) is 0.0833. The Hall–Kier alpha value is -1.98. The van der Waals surface area contributed by atoms with E-state index in [9.17, 15) is 0 Å². The Morgan fingerprint density at radius 1 is 1.11 bits per heavy atom. The van der Waals surface area contributed by atoms with Crippen LogP contribution in [0.5, 0.6) is 0 Å². The fourth-order valence-corrected chi connectivity index (χ4v) is 1.78. The molecule has 0 bridgehead atoms. The van der Waals surface area contributed by atoms with E-state index in [-0.39, 0.29) is 12.4 Å². The number of halogens is 1. The molecule has 0 radical (unpaired) electrons. The van der Waals surface area contributed by atoms with Crippen LogP contribution in [0.1, 0.15) is 5.82 Å². The maximum Gasteiger partial charge on any atom is 0.156 e. The third-order valence-corrected chi connectivity index (χ3v) is 2.63. The molecular weight excluding hydrogens is 250 g/mol. The van der Waals surface area contributed by atoms with E-state index >= 15 is 0 Å². The number of pyridine rings is 1. The van der Waals surface area contributed by atoms with E-state index in [2.05, 4.69) is 15.1 Å². The molecule has 1 aromatic carbocycles. The van der Waals surface area contributed by atoms with E-state index in [4.69, 9.17) is 5.73 Å². The Morgan fingerprint density at radius 3 is 2.67 bits per heavy atom. The van der Waals surface area contributed by atoms with Crippen molar-refractivity contribution < 1.29 is 0 Å². The number of fused-ring (bicyclic) bond motifs is 1. The lowest BCUT2D eigenvalue weighted by molar-refractivity contribution is 0.770. The monoisotopic (exact) mass is 261 g/mol. The Labute approximate surface area is 110 Å². The van der Waals surface area contributed by atoms with Gasteiger partial charge in [0.25, 0.3) is 0 Å². The summed E-state index contributed by atoms with van der Waals surface area (Å²) in [6.45, 7) is 0.342. The van der Waals surface area contributed by atoms with E-state index in [0.717, 1.165) is 16.6 Å². The lowest BCUT2D eigenvalue weighted by atomic mass is 10.2. The number of nitrogens with zero attached hydrogens (tertiary/aromatic N) is 4. The third kappa shape index (κ3) is 2.05. The molecule has 0 amide bonds. The zero-order chi connectivity index (χ0) is 11.7. The van der Waals surface area contributed by atoms with Crippen LogP contribution < -0.4 is 5.73 Å². The van der Waals surface area contributed by atoms with Crippen molar-refractivity contribution in [3.63, 3.8) is 0 Å². The van der Waals surface area contributed by atoms with Crippen molar-refractivity contribution in [1.29, 1.82) is 0 Å². The largest absolute Gasteiger partial charge is 0.324 e. The van der Waals surface area contributed by atoms with Crippen molar-refractivity contribution in [3.05, 3.63) is 48.7 Å². The molecule has 5 nitrogen and oxygen atoms in total. The van der Waals surface area contributed by atoms with Crippen molar-refractivity contribution in [2.24, 2.45) is 5.73 Å². The van der Waals surface area contributed by atoms with Gasteiger partial charge in [-0.1, -0.05) is 24.3 Å². The van der Waals surface area contributed by atoms with Crippen molar-refractivity contribution >= 4 is 23.2 Å².